The maximum absolute atomic E-state index is 8.35. The Morgan fingerprint density at radius 3 is 1.67 bits per heavy atom. The van der Waals surface area contributed by atoms with E-state index < -0.39 is 0 Å². The van der Waals surface area contributed by atoms with Gasteiger partial charge >= 0.3 is 0 Å². The molecule has 0 fully saturated rings. The van der Waals surface area contributed by atoms with E-state index in [4.69, 9.17) is 10.2 Å². The number of hydrogen-bond acceptors (Lipinski definition) is 2. The van der Waals surface area contributed by atoms with Crippen LogP contribution in [0.4, 0.5) is 0 Å². The van der Waals surface area contributed by atoms with Gasteiger partial charge in [0.2, 0.25) is 6.08 Å². The van der Waals surface area contributed by atoms with E-state index in [1.165, 1.54) is 0 Å². The van der Waals surface area contributed by atoms with Gasteiger partial charge in [0, 0.05) is 9.52 Å². The van der Waals surface area contributed by atoms with Crippen molar-refractivity contribution in [3.8, 4) is 0 Å². The fourth-order valence-electron chi connectivity index (χ4n) is 0. The first-order chi connectivity index (χ1) is 2.83. The van der Waals surface area contributed by atoms with E-state index in [1.54, 1.807) is 0 Å². The molecule has 6 heavy (non-hydrogen) atoms. The fraction of sp³-hybridized carbons (Fsp3) is 0.667. The van der Waals surface area contributed by atoms with E-state index in [2.05, 4.69) is 13.1 Å². The Kier molecular flexibility index (Phi) is 35.5. The van der Waals surface area contributed by atoms with E-state index >= 15 is 0 Å². The third kappa shape index (κ3) is 149. The highest BCUT2D eigenvalue weighted by Gasteiger charge is 1.39. The highest BCUT2D eigenvalue weighted by Crippen LogP contribution is 1.36. The first-order valence-corrected chi connectivity index (χ1v) is 3.45. The first kappa shape index (κ1) is 9.14. The minimum atomic E-state index is 0.750. The minimum Gasteiger partial charge on any atom is -0.222 e. The SMILES string of the molecule is C[Si]C.N=C=O. The average Bonchev–Trinajstić information content (AvgIpc) is 1.39. The van der Waals surface area contributed by atoms with Crippen LogP contribution >= 0.6 is 0 Å². The lowest BCUT2D eigenvalue weighted by Gasteiger charge is -1.44. The Labute approximate surface area is 39.9 Å². The topological polar surface area (TPSA) is 40.9 Å². The Balaban J connectivity index is 0. The first-order valence-electron chi connectivity index (χ1n) is 1.45. The molecule has 0 saturated heterocycles. The molecule has 2 nitrogen and oxygen atoms in total. The van der Waals surface area contributed by atoms with Crippen molar-refractivity contribution in [1.82, 2.24) is 0 Å². The Morgan fingerprint density at radius 1 is 1.67 bits per heavy atom. The summed E-state index contributed by atoms with van der Waals surface area (Å²) in [5.41, 5.74) is 0. The van der Waals surface area contributed by atoms with Crippen LogP contribution < -0.4 is 0 Å². The van der Waals surface area contributed by atoms with Crippen LogP contribution in [0.25, 0.3) is 0 Å². The zero-order valence-electron chi connectivity index (χ0n) is 3.91. The zero-order chi connectivity index (χ0) is 5.41. The molecule has 0 aromatic rings. The molecule has 0 aromatic carbocycles. The number of isocyanates is 1. The smallest absolute Gasteiger partial charge is 0.222 e. The summed E-state index contributed by atoms with van der Waals surface area (Å²) < 4.78 is 0. The highest BCUT2D eigenvalue weighted by atomic mass is 28.2. The van der Waals surface area contributed by atoms with E-state index in [-0.39, 0.29) is 0 Å². The summed E-state index contributed by atoms with van der Waals surface area (Å²) in [5, 5.41) is 5.40. The molecule has 0 unspecified atom stereocenters. The summed E-state index contributed by atoms with van der Waals surface area (Å²) in [5.74, 6) is 0. The summed E-state index contributed by atoms with van der Waals surface area (Å²) in [6, 6.07) is 0. The number of nitrogens with one attached hydrogen (secondary N) is 1. The van der Waals surface area contributed by atoms with Crippen molar-refractivity contribution in [2.24, 2.45) is 0 Å². The van der Waals surface area contributed by atoms with E-state index in [1.807, 2.05) is 0 Å². The van der Waals surface area contributed by atoms with Crippen molar-refractivity contribution in [2.75, 3.05) is 0 Å². The van der Waals surface area contributed by atoms with Crippen LogP contribution in [0.1, 0.15) is 0 Å². The van der Waals surface area contributed by atoms with Crippen molar-refractivity contribution < 1.29 is 4.79 Å². The van der Waals surface area contributed by atoms with Gasteiger partial charge in [0.15, 0.2) is 0 Å². The maximum Gasteiger partial charge on any atom is 0.231 e. The molecule has 0 aliphatic heterocycles. The summed E-state index contributed by atoms with van der Waals surface area (Å²) in [6.07, 6.45) is 0.750. The summed E-state index contributed by atoms with van der Waals surface area (Å²) in [4.78, 5) is 8.35. The minimum absolute atomic E-state index is 0.750. The quantitative estimate of drug-likeness (QED) is 0.272. The number of hydrogen-bond donors (Lipinski definition) is 1. The predicted molar refractivity (Wildman–Crippen MR) is 25.9 cm³/mol. The molecule has 0 saturated carbocycles. The number of carbonyl (C=O) groups excluding carboxylic acids is 1. The Morgan fingerprint density at radius 2 is 1.67 bits per heavy atom. The van der Waals surface area contributed by atoms with Gasteiger partial charge in [0.25, 0.3) is 0 Å². The maximum atomic E-state index is 8.35. The van der Waals surface area contributed by atoms with Gasteiger partial charge in [-0.1, -0.05) is 13.1 Å². The van der Waals surface area contributed by atoms with Gasteiger partial charge in [-0.15, -0.1) is 0 Å². The molecule has 0 aromatic heterocycles. The van der Waals surface area contributed by atoms with Gasteiger partial charge in [-0.2, -0.15) is 0 Å². The second-order valence-corrected chi connectivity index (χ2v) is 1.60. The monoisotopic (exact) mass is 101 g/mol. The van der Waals surface area contributed by atoms with Crippen LogP contribution in [0.2, 0.25) is 13.1 Å². The molecule has 0 rings (SSSR count). The van der Waals surface area contributed by atoms with Crippen LogP contribution in [0.3, 0.4) is 0 Å². The molecule has 3 heteroatoms. The second-order valence-electron chi connectivity index (χ2n) is 0.602. The molecule has 0 spiro atoms. The van der Waals surface area contributed by atoms with Crippen molar-refractivity contribution in [2.45, 2.75) is 13.1 Å². The lowest BCUT2D eigenvalue weighted by atomic mass is 11.7. The molecule has 0 aliphatic rings. The summed E-state index contributed by atoms with van der Waals surface area (Å²) in [6.45, 7) is 4.31. The molecular formula is C3H7NOSi. The molecule has 34 valence electrons. The van der Waals surface area contributed by atoms with Crippen molar-refractivity contribution >= 4 is 15.6 Å². The van der Waals surface area contributed by atoms with Crippen LogP contribution in [0, 0.1) is 5.41 Å². The third-order valence-electron chi connectivity index (χ3n) is 0. The highest BCUT2D eigenvalue weighted by molar-refractivity contribution is 6.31. The van der Waals surface area contributed by atoms with Gasteiger partial charge in [0.05, 0.1) is 0 Å². The third-order valence-corrected chi connectivity index (χ3v) is 0. The Bertz CT molecular complexity index is 40.1. The van der Waals surface area contributed by atoms with Gasteiger partial charge < -0.3 is 0 Å². The van der Waals surface area contributed by atoms with Crippen molar-refractivity contribution in [1.29, 1.82) is 5.41 Å². The van der Waals surface area contributed by atoms with Gasteiger partial charge in [-0.3, -0.25) is 0 Å². The molecule has 0 heterocycles. The second kappa shape index (κ2) is 23.3. The molecule has 0 atom stereocenters. The molecule has 0 amide bonds. The Hall–Kier alpha value is -0.403. The molecule has 1 N–H and O–H groups in total. The normalized spacial score (nSPS) is 4.33. The molecule has 0 aliphatic carbocycles. The lowest BCUT2D eigenvalue weighted by Crippen LogP contribution is -1.53. The zero-order valence-corrected chi connectivity index (χ0v) is 4.91. The van der Waals surface area contributed by atoms with E-state index in [9.17, 15) is 0 Å². The summed E-state index contributed by atoms with van der Waals surface area (Å²) >= 11 is 0. The van der Waals surface area contributed by atoms with Crippen LogP contribution in [0.5, 0.6) is 0 Å². The van der Waals surface area contributed by atoms with Crippen LogP contribution in [-0.4, -0.2) is 15.6 Å². The lowest BCUT2D eigenvalue weighted by molar-refractivity contribution is 0.563. The average molecular weight is 101 g/mol. The van der Waals surface area contributed by atoms with Crippen molar-refractivity contribution in [3.63, 3.8) is 0 Å². The van der Waals surface area contributed by atoms with Gasteiger partial charge in [0.1, 0.15) is 0 Å². The van der Waals surface area contributed by atoms with E-state index in [0.717, 1.165) is 15.6 Å². The molecule has 2 radical (unpaired) electrons. The summed E-state index contributed by atoms with van der Waals surface area (Å²) in [7, 11) is 1.08. The van der Waals surface area contributed by atoms with Crippen LogP contribution in [-0.2, 0) is 4.79 Å². The number of rotatable bonds is 0. The van der Waals surface area contributed by atoms with Gasteiger partial charge in [-0.25, -0.2) is 10.2 Å². The fourth-order valence-corrected chi connectivity index (χ4v) is 0. The van der Waals surface area contributed by atoms with Gasteiger partial charge in [-0.05, 0) is 0 Å². The standard InChI is InChI=1S/C2H6Si.CHNO/c1-3-2;2-1-3/h1-2H3;2H. The molecule has 0 bridgehead atoms. The predicted octanol–water partition coefficient (Wildman–Crippen LogP) is 0.688. The molecular weight excluding hydrogens is 94.1 g/mol. The van der Waals surface area contributed by atoms with Crippen molar-refractivity contribution in [3.05, 3.63) is 0 Å². The largest absolute Gasteiger partial charge is 0.231 e. The van der Waals surface area contributed by atoms with E-state index in [0.29, 0.717) is 0 Å². The van der Waals surface area contributed by atoms with Crippen LogP contribution in [0.15, 0.2) is 0 Å².